The van der Waals surface area contributed by atoms with E-state index in [4.69, 9.17) is 4.74 Å². The predicted octanol–water partition coefficient (Wildman–Crippen LogP) is 3.48. The summed E-state index contributed by atoms with van der Waals surface area (Å²) in [5.74, 6) is -0.189. The molecule has 21 heavy (non-hydrogen) atoms. The van der Waals surface area contributed by atoms with Crippen molar-refractivity contribution in [2.75, 3.05) is 5.32 Å². The van der Waals surface area contributed by atoms with Crippen molar-refractivity contribution in [1.82, 2.24) is 0 Å². The van der Waals surface area contributed by atoms with Crippen LogP contribution in [-0.4, -0.2) is 11.9 Å². The van der Waals surface area contributed by atoms with E-state index >= 15 is 0 Å². The lowest BCUT2D eigenvalue weighted by atomic mass is 10.1. The first-order chi connectivity index (χ1) is 9.95. The number of hydrogen-bond acceptors (Lipinski definition) is 3. The third-order valence-electron chi connectivity index (χ3n) is 3.12. The fraction of sp³-hybridized carbons (Fsp3) is 0.176. The largest absolute Gasteiger partial charge is 0.427 e. The van der Waals surface area contributed by atoms with Crippen LogP contribution in [0, 0.1) is 13.8 Å². The highest BCUT2D eigenvalue weighted by Gasteiger charge is 2.08. The minimum absolute atomic E-state index is 0.196. The second kappa shape index (κ2) is 6.22. The van der Waals surface area contributed by atoms with E-state index in [2.05, 4.69) is 5.32 Å². The summed E-state index contributed by atoms with van der Waals surface area (Å²) in [5.41, 5.74) is 3.38. The molecule has 0 heterocycles. The van der Waals surface area contributed by atoms with Crippen LogP contribution in [0.5, 0.6) is 5.75 Å². The van der Waals surface area contributed by atoms with Crippen LogP contribution >= 0.6 is 0 Å². The molecule has 4 heteroatoms. The summed E-state index contributed by atoms with van der Waals surface area (Å²) in [6, 6.07) is 12.3. The van der Waals surface area contributed by atoms with Crippen molar-refractivity contribution >= 4 is 17.6 Å². The summed E-state index contributed by atoms with van der Waals surface area (Å²) in [6.07, 6.45) is 0. The van der Waals surface area contributed by atoms with Crippen molar-refractivity contribution in [2.45, 2.75) is 20.8 Å². The van der Waals surface area contributed by atoms with Crippen molar-refractivity contribution in [2.24, 2.45) is 0 Å². The minimum atomic E-state index is -0.396. The second-order valence-electron chi connectivity index (χ2n) is 4.87. The van der Waals surface area contributed by atoms with Gasteiger partial charge in [0.2, 0.25) is 0 Å². The molecule has 0 fully saturated rings. The minimum Gasteiger partial charge on any atom is -0.427 e. The molecule has 0 aromatic heterocycles. The molecule has 2 aromatic carbocycles. The maximum absolute atomic E-state index is 12.2. The number of anilines is 1. The van der Waals surface area contributed by atoms with Crippen molar-refractivity contribution < 1.29 is 14.3 Å². The van der Waals surface area contributed by atoms with Gasteiger partial charge in [-0.15, -0.1) is 0 Å². The van der Waals surface area contributed by atoms with Gasteiger partial charge in [0.15, 0.2) is 0 Å². The van der Waals surface area contributed by atoms with E-state index < -0.39 is 5.97 Å². The molecular formula is C17H17NO3. The lowest BCUT2D eigenvalue weighted by Crippen LogP contribution is -2.12. The zero-order valence-corrected chi connectivity index (χ0v) is 12.3. The Morgan fingerprint density at radius 1 is 1.00 bits per heavy atom. The average Bonchev–Trinajstić information content (AvgIpc) is 2.41. The Balaban J connectivity index is 2.15. The Bertz CT molecular complexity index is 692. The van der Waals surface area contributed by atoms with E-state index in [9.17, 15) is 9.59 Å². The number of amides is 1. The number of carbonyl (C=O) groups is 2. The van der Waals surface area contributed by atoms with Gasteiger partial charge >= 0.3 is 5.97 Å². The Labute approximate surface area is 123 Å². The Hall–Kier alpha value is -2.62. The average molecular weight is 283 g/mol. The number of nitrogens with one attached hydrogen (secondary N) is 1. The molecule has 0 aliphatic rings. The monoisotopic (exact) mass is 283 g/mol. The SMILES string of the molecule is CC(=O)Oc1cccc(NC(=O)c2ccc(C)c(C)c2)c1. The van der Waals surface area contributed by atoms with Crippen molar-refractivity contribution in [3.8, 4) is 5.75 Å². The number of hydrogen-bond donors (Lipinski definition) is 1. The van der Waals surface area contributed by atoms with Gasteiger partial charge in [0, 0.05) is 24.2 Å². The molecule has 4 nitrogen and oxygen atoms in total. The van der Waals surface area contributed by atoms with Crippen molar-refractivity contribution in [1.29, 1.82) is 0 Å². The predicted molar refractivity (Wildman–Crippen MR) is 81.6 cm³/mol. The number of benzene rings is 2. The van der Waals surface area contributed by atoms with E-state index in [0.29, 0.717) is 17.0 Å². The summed E-state index contributed by atoms with van der Waals surface area (Å²) in [6.45, 7) is 5.30. The smallest absolute Gasteiger partial charge is 0.308 e. The summed E-state index contributed by atoms with van der Waals surface area (Å²) in [7, 11) is 0. The molecule has 108 valence electrons. The van der Waals surface area contributed by atoms with Gasteiger partial charge in [-0.25, -0.2) is 0 Å². The van der Waals surface area contributed by atoms with Crippen LogP contribution < -0.4 is 10.1 Å². The molecule has 0 aliphatic carbocycles. The van der Waals surface area contributed by atoms with E-state index in [-0.39, 0.29) is 5.91 Å². The van der Waals surface area contributed by atoms with E-state index in [0.717, 1.165) is 11.1 Å². The highest BCUT2D eigenvalue weighted by atomic mass is 16.5. The topological polar surface area (TPSA) is 55.4 Å². The first-order valence-electron chi connectivity index (χ1n) is 6.63. The lowest BCUT2D eigenvalue weighted by Gasteiger charge is -2.08. The molecule has 2 aromatic rings. The van der Waals surface area contributed by atoms with Crippen LogP contribution in [0.1, 0.15) is 28.4 Å². The van der Waals surface area contributed by atoms with E-state index in [1.54, 1.807) is 30.3 Å². The van der Waals surface area contributed by atoms with Gasteiger partial charge in [-0.1, -0.05) is 12.1 Å². The second-order valence-corrected chi connectivity index (χ2v) is 4.87. The molecular weight excluding hydrogens is 266 g/mol. The van der Waals surface area contributed by atoms with Gasteiger partial charge in [-0.2, -0.15) is 0 Å². The zero-order valence-electron chi connectivity index (χ0n) is 12.3. The summed E-state index contributed by atoms with van der Waals surface area (Å²) >= 11 is 0. The summed E-state index contributed by atoms with van der Waals surface area (Å²) < 4.78 is 4.99. The standard InChI is InChI=1S/C17H17NO3/c1-11-7-8-14(9-12(11)2)17(20)18-15-5-4-6-16(10-15)21-13(3)19/h4-10H,1-3H3,(H,18,20). The molecule has 0 saturated carbocycles. The Kier molecular flexibility index (Phi) is 4.38. The van der Waals surface area contributed by atoms with Crippen LogP contribution in [0.4, 0.5) is 5.69 Å². The van der Waals surface area contributed by atoms with Crippen LogP contribution in [-0.2, 0) is 4.79 Å². The highest BCUT2D eigenvalue weighted by Crippen LogP contribution is 2.19. The third kappa shape index (κ3) is 3.92. The van der Waals surface area contributed by atoms with Gasteiger partial charge in [0.1, 0.15) is 5.75 Å². The molecule has 0 atom stereocenters. The first kappa shape index (κ1) is 14.8. The van der Waals surface area contributed by atoms with Crippen LogP contribution in [0.25, 0.3) is 0 Å². The molecule has 0 unspecified atom stereocenters. The number of aryl methyl sites for hydroxylation is 2. The number of esters is 1. The van der Waals surface area contributed by atoms with Gasteiger partial charge in [0.05, 0.1) is 0 Å². The molecule has 1 amide bonds. The molecule has 0 spiro atoms. The highest BCUT2D eigenvalue weighted by molar-refractivity contribution is 6.04. The van der Waals surface area contributed by atoms with Crippen LogP contribution in [0.3, 0.4) is 0 Å². The normalized spacial score (nSPS) is 10.0. The molecule has 0 radical (unpaired) electrons. The van der Waals surface area contributed by atoms with Gasteiger partial charge < -0.3 is 10.1 Å². The molecule has 1 N–H and O–H groups in total. The third-order valence-corrected chi connectivity index (χ3v) is 3.12. The lowest BCUT2D eigenvalue weighted by molar-refractivity contribution is -0.131. The van der Waals surface area contributed by atoms with Gasteiger partial charge in [-0.05, 0) is 49.2 Å². The fourth-order valence-corrected chi connectivity index (χ4v) is 1.89. The maximum Gasteiger partial charge on any atom is 0.308 e. The maximum atomic E-state index is 12.2. The quantitative estimate of drug-likeness (QED) is 0.693. The van der Waals surface area contributed by atoms with E-state index in [1.165, 1.54) is 6.92 Å². The zero-order chi connectivity index (χ0) is 15.4. The summed E-state index contributed by atoms with van der Waals surface area (Å²) in [4.78, 5) is 23.1. The first-order valence-corrected chi connectivity index (χ1v) is 6.63. The fourth-order valence-electron chi connectivity index (χ4n) is 1.89. The molecule has 0 bridgehead atoms. The van der Waals surface area contributed by atoms with Crippen molar-refractivity contribution in [3.05, 3.63) is 59.2 Å². The Morgan fingerprint density at radius 3 is 2.43 bits per heavy atom. The number of carbonyl (C=O) groups excluding carboxylic acids is 2. The van der Waals surface area contributed by atoms with E-state index in [1.807, 2.05) is 26.0 Å². The van der Waals surface area contributed by atoms with Crippen molar-refractivity contribution in [3.63, 3.8) is 0 Å². The van der Waals surface area contributed by atoms with Gasteiger partial charge in [-0.3, -0.25) is 9.59 Å². The summed E-state index contributed by atoms with van der Waals surface area (Å²) in [5, 5.41) is 2.79. The Morgan fingerprint density at radius 2 is 1.76 bits per heavy atom. The molecule has 0 saturated heterocycles. The molecule has 2 rings (SSSR count). The number of rotatable bonds is 3. The molecule has 0 aliphatic heterocycles. The van der Waals surface area contributed by atoms with Crippen LogP contribution in [0.15, 0.2) is 42.5 Å². The number of ether oxygens (including phenoxy) is 1. The van der Waals surface area contributed by atoms with Crippen LogP contribution in [0.2, 0.25) is 0 Å². The van der Waals surface area contributed by atoms with Gasteiger partial charge in [0.25, 0.3) is 5.91 Å².